The normalized spacial score (nSPS) is 10.9. The Morgan fingerprint density at radius 2 is 0.579 bits per heavy atom. The number of hydrogen-bond acceptors (Lipinski definition) is 29. The molecule has 0 unspecified atom stereocenters. The molecule has 0 aliphatic carbocycles. The van der Waals surface area contributed by atoms with Crippen molar-refractivity contribution in [3.05, 3.63) is 292 Å². The summed E-state index contributed by atoms with van der Waals surface area (Å²) in [6.07, 6.45) is 6.07. The van der Waals surface area contributed by atoms with Crippen molar-refractivity contribution in [3.8, 4) is 29.4 Å². The average Bonchev–Trinajstić information content (AvgIpc) is 0.797. The number of carboxylic acid groups (broad SMARTS) is 10. The van der Waals surface area contributed by atoms with Crippen molar-refractivity contribution in [1.82, 2.24) is 9.80 Å². The van der Waals surface area contributed by atoms with Crippen molar-refractivity contribution in [1.29, 1.82) is 10.5 Å². The highest BCUT2D eigenvalue weighted by Crippen LogP contribution is 2.38. The zero-order chi connectivity index (χ0) is 102. The van der Waals surface area contributed by atoms with Gasteiger partial charge < -0.3 is 84.9 Å². The van der Waals surface area contributed by atoms with Crippen LogP contribution in [0.25, 0.3) is 21.5 Å². The van der Waals surface area contributed by atoms with Crippen molar-refractivity contribution in [2.24, 2.45) is 51.1 Å². The Hall–Kier alpha value is -18.2. The van der Waals surface area contributed by atoms with Gasteiger partial charge in [0.05, 0.1) is 151 Å². The molecule has 0 aliphatic heterocycles. The maximum Gasteiger partial charge on any atom is 0.335 e. The van der Waals surface area contributed by atoms with E-state index in [1.165, 1.54) is 73.5 Å². The molecule has 10 N–H and O–H groups in total. The second-order valence-electron chi connectivity index (χ2n) is 30.9. The molecule has 0 bridgehead atoms. The van der Waals surface area contributed by atoms with Crippen molar-refractivity contribution >= 4 is 149 Å². The van der Waals surface area contributed by atoms with Crippen LogP contribution in [0.2, 0.25) is 0 Å². The minimum atomic E-state index is -1.26. The SMILES string of the molecule is CCCCCCOc1ccc(N=Nc2cc(C(=O)O)cc(C(=O)O)c2)c2ccccc12.CN(C)CCCOc1ccc(N=Nc2cc(C(=O)O)cc(C(=O)O)c2)cc1.CN(C)CCOc1ccc(N=Nc2cc(C(=O)O)cc(C(=O)O)c2)cc1.CN(C)c1ccc(N=Nc2cc(C(=O)O)cc(C(=O)O)c2)c2ccccc12.N#CCCN(CCC#N)c1ccc(N=Nc2cc(C(=O)O)cc(C(=O)O)c2)cc1. The first-order valence-electron chi connectivity index (χ1n) is 42.8. The number of likely N-dealkylation sites (N-methyl/N-ethyl adjacent to an activating group) is 1. The number of fused-ring (bicyclic) bond motifs is 2. The molecular formula is C101H98N16O23. The molecule has 0 aromatic heterocycles. The second kappa shape index (κ2) is 54.2. The Balaban J connectivity index is 0.000000215. The molecular weight excluding hydrogens is 1810 g/mol. The zero-order valence-electron chi connectivity index (χ0n) is 76.9. The van der Waals surface area contributed by atoms with E-state index >= 15 is 0 Å². The summed E-state index contributed by atoms with van der Waals surface area (Å²) in [7, 11) is 11.8. The predicted octanol–water partition coefficient (Wildman–Crippen LogP) is 22.7. The van der Waals surface area contributed by atoms with Crippen LogP contribution in [0.4, 0.5) is 68.2 Å². The van der Waals surface area contributed by atoms with Crippen molar-refractivity contribution < 1.29 is 113 Å². The number of azo groups is 5. The molecule has 39 heteroatoms. The molecule has 12 aromatic carbocycles. The van der Waals surface area contributed by atoms with Gasteiger partial charge in [-0.15, -0.1) is 10.2 Å². The molecule has 0 saturated carbocycles. The van der Waals surface area contributed by atoms with Gasteiger partial charge >= 0.3 is 59.7 Å². The number of rotatable bonds is 41. The molecule has 0 spiro atoms. The van der Waals surface area contributed by atoms with Crippen molar-refractivity contribution in [3.63, 3.8) is 0 Å². The van der Waals surface area contributed by atoms with Gasteiger partial charge in [0.2, 0.25) is 0 Å². The summed E-state index contributed by atoms with van der Waals surface area (Å²) in [6.45, 7) is 6.73. The maximum atomic E-state index is 11.3. The van der Waals surface area contributed by atoms with Gasteiger partial charge in [0.1, 0.15) is 23.9 Å². The molecule has 0 atom stereocenters. The molecule has 0 radical (unpaired) electrons. The average molecular weight is 1900 g/mol. The highest BCUT2D eigenvalue weighted by atomic mass is 16.5. The number of benzene rings is 12. The largest absolute Gasteiger partial charge is 0.494 e. The number of carbonyl (C=O) groups is 10. The van der Waals surface area contributed by atoms with Gasteiger partial charge in [-0.25, -0.2) is 47.9 Å². The van der Waals surface area contributed by atoms with Gasteiger partial charge in [-0.2, -0.15) is 51.4 Å². The molecule has 12 rings (SSSR count). The van der Waals surface area contributed by atoms with E-state index in [1.807, 2.05) is 124 Å². The lowest BCUT2D eigenvalue weighted by molar-refractivity contribution is 0.0676. The Morgan fingerprint density at radius 3 is 0.900 bits per heavy atom. The molecule has 720 valence electrons. The summed E-state index contributed by atoms with van der Waals surface area (Å²) in [5.74, 6) is -10.2. The minimum Gasteiger partial charge on any atom is -0.494 e. The molecule has 0 heterocycles. The highest BCUT2D eigenvalue weighted by Gasteiger charge is 2.20. The number of hydrogen-bond donors (Lipinski definition) is 10. The smallest absolute Gasteiger partial charge is 0.335 e. The maximum absolute atomic E-state index is 11.3. The number of unbranched alkanes of at least 4 members (excludes halogenated alkanes) is 3. The van der Waals surface area contributed by atoms with Crippen LogP contribution in [-0.2, 0) is 0 Å². The van der Waals surface area contributed by atoms with Gasteiger partial charge in [0, 0.05) is 73.2 Å². The van der Waals surface area contributed by atoms with Gasteiger partial charge in [-0.3, -0.25) is 0 Å². The van der Waals surface area contributed by atoms with E-state index in [1.54, 1.807) is 78.9 Å². The lowest BCUT2D eigenvalue weighted by atomic mass is 10.1. The van der Waals surface area contributed by atoms with E-state index in [4.69, 9.17) is 65.6 Å². The standard InChI is InChI=1S/C24H24N2O5.C20H17N5O4.C20H17N3O4.C19H21N3O5.C18H19N3O5/c1-2-3-4-7-12-31-22-11-10-21(19-8-5-6-9-20(19)22)26-25-18-14-16(23(27)28)13-17(15-18)24(29)30;21-7-1-9-25(10-2-8-22)18-5-3-16(4-6-18)23-24-17-12-14(19(26)27)11-15(13-17)20(28)29;1-23(2)18-8-7-17(15-5-3-4-6-16(15)18)22-21-14-10-12(19(24)25)9-13(11-14)20(26)27;1-22(2)8-3-9-27-17-6-4-15(5-7-17)20-21-16-11-13(18(23)24)10-14(12-16)19(25)26;1-21(2)7-8-26-16-5-3-14(4-6-16)19-20-15-10-12(17(22)23)9-13(11-15)18(24)25/h5-6,8-11,13-15H,2-4,7,12H2,1H3,(H,27,28)(H,29,30);3-6,11-13H,1-2,9-10H2,(H,26,27)(H,28,29);3-11H,1-2H3,(H,24,25)(H,26,27);4-7,10-12H,3,8-9H2,1-2H3,(H,23,24)(H,25,26);3-6,9-11H,7-8H2,1-2H3,(H,22,23)(H,24,25). The van der Waals surface area contributed by atoms with Gasteiger partial charge in [0.15, 0.2) is 0 Å². The third-order valence-corrected chi connectivity index (χ3v) is 19.6. The first-order valence-corrected chi connectivity index (χ1v) is 42.8. The fourth-order valence-electron chi connectivity index (χ4n) is 12.7. The number of ether oxygens (including phenoxy) is 3. The van der Waals surface area contributed by atoms with Crippen LogP contribution in [0.5, 0.6) is 17.2 Å². The van der Waals surface area contributed by atoms with E-state index in [0.29, 0.717) is 85.7 Å². The number of carboxylic acids is 10. The van der Waals surface area contributed by atoms with E-state index < -0.39 is 59.7 Å². The number of aromatic carboxylic acids is 10. The molecule has 0 fully saturated rings. The second-order valence-corrected chi connectivity index (χ2v) is 30.9. The van der Waals surface area contributed by atoms with E-state index in [0.717, 1.165) is 101 Å². The first-order chi connectivity index (χ1) is 67.0. The summed E-state index contributed by atoms with van der Waals surface area (Å²) in [4.78, 5) is 120. The number of anilines is 2. The quantitative estimate of drug-likeness (QED) is 0.0126. The topological polar surface area (TPSA) is 585 Å². The summed E-state index contributed by atoms with van der Waals surface area (Å²) in [5, 5.41) is 153. The molecule has 0 amide bonds. The summed E-state index contributed by atoms with van der Waals surface area (Å²) in [5.41, 5.74) is 3.63. The van der Waals surface area contributed by atoms with Crippen molar-refractivity contribution in [2.45, 2.75) is 51.9 Å². The van der Waals surface area contributed by atoms with E-state index in [-0.39, 0.29) is 84.1 Å². The van der Waals surface area contributed by atoms with Crippen LogP contribution in [0.1, 0.15) is 155 Å². The minimum absolute atomic E-state index is 0.107. The third-order valence-electron chi connectivity index (χ3n) is 19.6. The Morgan fingerprint density at radius 1 is 0.286 bits per heavy atom. The van der Waals surface area contributed by atoms with Crippen LogP contribution >= 0.6 is 0 Å². The summed E-state index contributed by atoms with van der Waals surface area (Å²) in [6, 6.07) is 65.7. The van der Waals surface area contributed by atoms with Crippen LogP contribution < -0.4 is 24.0 Å². The highest BCUT2D eigenvalue weighted by molar-refractivity contribution is 6.03. The third kappa shape index (κ3) is 34.7. The Labute approximate surface area is 801 Å². The van der Waals surface area contributed by atoms with Crippen LogP contribution in [0.3, 0.4) is 0 Å². The van der Waals surface area contributed by atoms with Gasteiger partial charge in [0.25, 0.3) is 0 Å². The fraction of sp³-hybridized carbons (Fsp3) is 0.208. The molecule has 12 aromatic rings. The molecule has 0 saturated heterocycles. The summed E-state index contributed by atoms with van der Waals surface area (Å²) >= 11 is 0. The molecule has 39 nitrogen and oxygen atoms in total. The first kappa shape index (κ1) is 107. The van der Waals surface area contributed by atoms with Crippen LogP contribution in [-0.4, -0.2) is 209 Å². The van der Waals surface area contributed by atoms with Crippen LogP contribution in [0, 0.1) is 22.7 Å². The van der Waals surface area contributed by atoms with Gasteiger partial charge in [-0.05, 0) is 229 Å². The van der Waals surface area contributed by atoms with Crippen LogP contribution in [0.15, 0.2) is 288 Å². The van der Waals surface area contributed by atoms with E-state index in [9.17, 15) is 58.2 Å². The zero-order valence-corrected chi connectivity index (χ0v) is 76.9. The Kier molecular flexibility index (Phi) is 41.5. The van der Waals surface area contributed by atoms with Gasteiger partial charge in [-0.1, -0.05) is 74.7 Å². The van der Waals surface area contributed by atoms with Crippen molar-refractivity contribution in [2.75, 3.05) is 98.1 Å². The van der Waals surface area contributed by atoms with E-state index in [2.05, 4.69) is 75.1 Å². The number of nitrogens with zero attached hydrogens (tertiary/aromatic N) is 16. The molecule has 140 heavy (non-hydrogen) atoms. The predicted molar refractivity (Wildman–Crippen MR) is 519 cm³/mol. The summed E-state index contributed by atoms with van der Waals surface area (Å²) < 4.78 is 17.2. The monoisotopic (exact) mass is 1900 g/mol. The fourth-order valence-corrected chi connectivity index (χ4v) is 12.7. The lowest BCUT2D eigenvalue weighted by Crippen LogP contribution is -2.25. The lowest BCUT2D eigenvalue weighted by Gasteiger charge is -2.22. The Bertz CT molecular complexity index is 6510. The number of nitriles is 2. The molecule has 0 aliphatic rings.